The lowest BCUT2D eigenvalue weighted by Gasteiger charge is -2.12. The van der Waals surface area contributed by atoms with E-state index >= 15 is 0 Å². The van der Waals surface area contributed by atoms with E-state index in [4.69, 9.17) is 15.8 Å². The second-order valence-corrected chi connectivity index (χ2v) is 7.74. The van der Waals surface area contributed by atoms with Crippen LogP contribution in [0.4, 0.5) is 0 Å². The summed E-state index contributed by atoms with van der Waals surface area (Å²) in [5, 5.41) is 19.1. The molecule has 0 spiro atoms. The molecule has 8 nitrogen and oxygen atoms in total. The van der Waals surface area contributed by atoms with Crippen LogP contribution in [0.15, 0.2) is 48.5 Å². The fourth-order valence-corrected chi connectivity index (χ4v) is 3.61. The number of nitrogens with one attached hydrogen (secondary N) is 1. The van der Waals surface area contributed by atoms with Crippen LogP contribution in [-0.2, 0) is 13.0 Å². The van der Waals surface area contributed by atoms with Crippen molar-refractivity contribution < 1.29 is 0 Å². The van der Waals surface area contributed by atoms with Gasteiger partial charge in [-0.25, -0.2) is 14.8 Å². The van der Waals surface area contributed by atoms with Crippen LogP contribution in [0.1, 0.15) is 49.8 Å². The average molecular weight is 417 g/mol. The fraction of sp³-hybridized carbons (Fsp3) is 0.348. The molecule has 1 atom stereocenters. The van der Waals surface area contributed by atoms with Crippen molar-refractivity contribution in [3.8, 4) is 22.5 Å². The van der Waals surface area contributed by atoms with Crippen molar-refractivity contribution in [1.82, 2.24) is 35.4 Å². The summed E-state index contributed by atoms with van der Waals surface area (Å²) in [5.41, 5.74) is 10.0. The maximum atomic E-state index is 5.66. The number of hydrogen-bond donors (Lipinski definition) is 2. The third-order valence-electron chi connectivity index (χ3n) is 5.53. The Morgan fingerprint density at radius 2 is 1.84 bits per heavy atom. The lowest BCUT2D eigenvalue weighted by molar-refractivity contribution is 0.574. The highest BCUT2D eigenvalue weighted by molar-refractivity contribution is 5.80. The zero-order valence-corrected chi connectivity index (χ0v) is 18.0. The number of tetrazole rings is 1. The van der Waals surface area contributed by atoms with Crippen LogP contribution in [0.2, 0.25) is 0 Å². The molecule has 0 saturated carbocycles. The van der Waals surface area contributed by atoms with E-state index in [2.05, 4.69) is 64.8 Å². The van der Waals surface area contributed by atoms with Gasteiger partial charge in [0.15, 0.2) is 11.6 Å². The van der Waals surface area contributed by atoms with Gasteiger partial charge in [0.1, 0.15) is 5.82 Å². The van der Waals surface area contributed by atoms with Gasteiger partial charge >= 0.3 is 0 Å². The number of aryl methyl sites for hydroxylation is 1. The number of aromatic nitrogens is 7. The fourth-order valence-electron chi connectivity index (χ4n) is 3.61. The number of rotatable bonds is 9. The molecule has 2 heterocycles. The molecule has 0 aliphatic heterocycles. The molecule has 4 rings (SSSR count). The Balaban J connectivity index is 1.58. The van der Waals surface area contributed by atoms with Gasteiger partial charge in [0.25, 0.3) is 0 Å². The first-order valence-corrected chi connectivity index (χ1v) is 10.8. The summed E-state index contributed by atoms with van der Waals surface area (Å²) in [7, 11) is 0. The molecule has 0 amide bonds. The molecule has 31 heavy (non-hydrogen) atoms. The number of hydrogen-bond acceptors (Lipinski definition) is 6. The smallest absolute Gasteiger partial charge is 0.180 e. The quantitative estimate of drug-likeness (QED) is 0.431. The van der Waals surface area contributed by atoms with Crippen LogP contribution < -0.4 is 5.73 Å². The second-order valence-electron chi connectivity index (χ2n) is 7.74. The van der Waals surface area contributed by atoms with Crippen LogP contribution in [0.3, 0.4) is 0 Å². The van der Waals surface area contributed by atoms with Crippen molar-refractivity contribution in [3.05, 3.63) is 65.7 Å². The summed E-state index contributed by atoms with van der Waals surface area (Å²) in [5.74, 6) is 2.94. The minimum absolute atomic E-state index is 0.362. The molecular formula is C23H28N8. The van der Waals surface area contributed by atoms with Crippen molar-refractivity contribution in [2.24, 2.45) is 5.73 Å². The van der Waals surface area contributed by atoms with Crippen LogP contribution in [0, 0.1) is 0 Å². The molecule has 0 bridgehead atoms. The maximum absolute atomic E-state index is 5.66. The summed E-state index contributed by atoms with van der Waals surface area (Å²) in [4.78, 5) is 4.79. The first kappa shape index (κ1) is 20.9. The number of benzene rings is 2. The van der Waals surface area contributed by atoms with Gasteiger partial charge in [0.05, 0.1) is 6.54 Å². The zero-order valence-electron chi connectivity index (χ0n) is 18.0. The molecule has 0 radical (unpaired) electrons. The zero-order chi connectivity index (χ0) is 21.6. The van der Waals surface area contributed by atoms with Gasteiger partial charge < -0.3 is 5.73 Å². The van der Waals surface area contributed by atoms with Crippen LogP contribution in [-0.4, -0.2) is 41.9 Å². The molecule has 160 valence electrons. The highest BCUT2D eigenvalue weighted by Crippen LogP contribution is 2.30. The predicted molar refractivity (Wildman–Crippen MR) is 120 cm³/mol. The Labute approximate surface area is 181 Å². The number of aromatic amines is 1. The summed E-state index contributed by atoms with van der Waals surface area (Å²) in [6.45, 7) is 5.73. The van der Waals surface area contributed by atoms with E-state index < -0.39 is 0 Å². The highest BCUT2D eigenvalue weighted by Gasteiger charge is 2.16. The Morgan fingerprint density at radius 1 is 1.06 bits per heavy atom. The van der Waals surface area contributed by atoms with E-state index in [1.54, 1.807) is 0 Å². The Bertz CT molecular complexity index is 1100. The normalized spacial score (nSPS) is 12.2. The predicted octanol–water partition coefficient (Wildman–Crippen LogP) is 3.58. The number of nitrogens with zero attached hydrogens (tertiary/aromatic N) is 6. The monoisotopic (exact) mass is 416 g/mol. The van der Waals surface area contributed by atoms with E-state index in [1.807, 2.05) is 22.9 Å². The molecule has 2 aromatic heterocycles. The first-order chi connectivity index (χ1) is 15.2. The Morgan fingerprint density at radius 3 is 2.52 bits per heavy atom. The Hall–Kier alpha value is -3.39. The standard InChI is InChI=1S/C23H28N8/c1-3-16(2)23-25-21(9-6-14-24)28-31(23)15-17-10-12-18(13-11-17)19-7-4-5-8-20(19)22-26-29-30-27-22/h4-5,7-8,10-13,16H,3,6,9,14-15,24H2,1-2H3,(H,26,27,29,30). The molecule has 0 aliphatic rings. The SMILES string of the molecule is CCC(C)c1nc(CCCN)nn1Cc1ccc(-c2ccccc2-c2nnn[nH]2)cc1. The molecule has 4 aromatic rings. The molecule has 1 unspecified atom stereocenters. The molecule has 0 fully saturated rings. The molecule has 0 aliphatic carbocycles. The first-order valence-electron chi connectivity index (χ1n) is 10.8. The van der Waals surface area contributed by atoms with Crippen LogP contribution >= 0.6 is 0 Å². The highest BCUT2D eigenvalue weighted by atomic mass is 15.5. The minimum atomic E-state index is 0.362. The van der Waals surface area contributed by atoms with Gasteiger partial charge in [-0.15, -0.1) is 5.10 Å². The molecule has 0 saturated heterocycles. The van der Waals surface area contributed by atoms with E-state index in [0.717, 1.165) is 47.6 Å². The van der Waals surface area contributed by atoms with Crippen molar-refractivity contribution in [2.45, 2.75) is 45.6 Å². The van der Waals surface area contributed by atoms with Gasteiger partial charge in [-0.05, 0) is 46.5 Å². The van der Waals surface area contributed by atoms with Gasteiger partial charge in [-0.2, -0.15) is 5.10 Å². The second kappa shape index (κ2) is 9.61. The van der Waals surface area contributed by atoms with Gasteiger partial charge in [-0.3, -0.25) is 0 Å². The molecule has 2 aromatic carbocycles. The summed E-state index contributed by atoms with van der Waals surface area (Å²) in [6.07, 6.45) is 2.75. The number of nitrogens with two attached hydrogens (primary N) is 1. The average Bonchev–Trinajstić information content (AvgIpc) is 3.48. The van der Waals surface area contributed by atoms with Gasteiger partial charge in [-0.1, -0.05) is 62.4 Å². The van der Waals surface area contributed by atoms with E-state index in [-0.39, 0.29) is 0 Å². The molecular weight excluding hydrogens is 388 g/mol. The van der Waals surface area contributed by atoms with E-state index in [9.17, 15) is 0 Å². The van der Waals surface area contributed by atoms with Crippen molar-refractivity contribution >= 4 is 0 Å². The van der Waals surface area contributed by atoms with Gasteiger partial charge in [0, 0.05) is 17.9 Å². The van der Waals surface area contributed by atoms with Crippen molar-refractivity contribution in [2.75, 3.05) is 6.54 Å². The lowest BCUT2D eigenvalue weighted by atomic mass is 9.98. The van der Waals surface area contributed by atoms with E-state index in [0.29, 0.717) is 24.8 Å². The minimum Gasteiger partial charge on any atom is -0.330 e. The van der Waals surface area contributed by atoms with E-state index in [1.165, 1.54) is 5.56 Å². The summed E-state index contributed by atoms with van der Waals surface area (Å²) < 4.78 is 2.04. The maximum Gasteiger partial charge on any atom is 0.180 e. The largest absolute Gasteiger partial charge is 0.330 e. The molecule has 3 N–H and O–H groups in total. The third-order valence-corrected chi connectivity index (χ3v) is 5.53. The van der Waals surface area contributed by atoms with Crippen LogP contribution in [0.25, 0.3) is 22.5 Å². The van der Waals surface area contributed by atoms with Crippen molar-refractivity contribution in [3.63, 3.8) is 0 Å². The third kappa shape index (κ3) is 4.69. The topological polar surface area (TPSA) is 111 Å². The van der Waals surface area contributed by atoms with Gasteiger partial charge in [0.2, 0.25) is 0 Å². The Kier molecular flexibility index (Phi) is 6.47. The lowest BCUT2D eigenvalue weighted by Crippen LogP contribution is -2.09. The van der Waals surface area contributed by atoms with Crippen molar-refractivity contribution in [1.29, 1.82) is 0 Å². The van der Waals surface area contributed by atoms with Crippen LogP contribution in [0.5, 0.6) is 0 Å². The molecule has 8 heteroatoms. The number of H-pyrrole nitrogens is 1. The summed E-state index contributed by atoms with van der Waals surface area (Å²) in [6, 6.07) is 16.7. The summed E-state index contributed by atoms with van der Waals surface area (Å²) >= 11 is 0.